The molecule has 0 saturated heterocycles. The molecule has 1 fully saturated rings. The first-order chi connectivity index (χ1) is 7.33. The van der Waals surface area contributed by atoms with Crippen LogP contribution in [0.5, 0.6) is 0 Å². The van der Waals surface area contributed by atoms with Crippen molar-refractivity contribution in [3.63, 3.8) is 0 Å². The third kappa shape index (κ3) is 1.79. The van der Waals surface area contributed by atoms with Gasteiger partial charge in [-0.15, -0.1) is 0 Å². The van der Waals surface area contributed by atoms with Crippen LogP contribution in [0.25, 0.3) is 0 Å². The molecule has 1 aliphatic carbocycles. The monoisotopic (exact) mass is 219 g/mol. The van der Waals surface area contributed by atoms with Crippen LogP contribution in [-0.4, -0.2) is 9.97 Å². The molecule has 1 aromatic heterocycles. The maximum Gasteiger partial charge on any atom is 0.134 e. The Morgan fingerprint density at radius 1 is 1.31 bits per heavy atom. The number of aromatic nitrogens is 2. The number of hydrogen-bond donors (Lipinski definition) is 1. The zero-order chi connectivity index (χ0) is 12.1. The molecule has 1 aliphatic rings. The first-order valence-electron chi connectivity index (χ1n) is 5.97. The SMILES string of the molecule is Cc1nc(C2CC2(C)C)nc(N)c1C(C)C. The zero-order valence-corrected chi connectivity index (χ0v) is 10.8. The Hall–Kier alpha value is -1.12. The Labute approximate surface area is 97.5 Å². The van der Waals surface area contributed by atoms with Gasteiger partial charge in [0.05, 0.1) is 0 Å². The summed E-state index contributed by atoms with van der Waals surface area (Å²) < 4.78 is 0. The summed E-state index contributed by atoms with van der Waals surface area (Å²) in [7, 11) is 0. The molecule has 2 N–H and O–H groups in total. The molecule has 1 atom stereocenters. The van der Waals surface area contributed by atoms with Crippen LogP contribution in [0.3, 0.4) is 0 Å². The van der Waals surface area contributed by atoms with Crippen molar-refractivity contribution in [2.75, 3.05) is 5.73 Å². The second-order valence-electron chi connectivity index (χ2n) is 5.87. The molecule has 0 aliphatic heterocycles. The molecule has 1 saturated carbocycles. The van der Waals surface area contributed by atoms with Crippen molar-refractivity contribution in [2.24, 2.45) is 5.41 Å². The fraction of sp³-hybridized carbons (Fsp3) is 0.692. The molecule has 0 spiro atoms. The number of nitrogen functional groups attached to an aromatic ring is 1. The van der Waals surface area contributed by atoms with E-state index in [0.717, 1.165) is 17.1 Å². The summed E-state index contributed by atoms with van der Waals surface area (Å²) >= 11 is 0. The highest BCUT2D eigenvalue weighted by Crippen LogP contribution is 2.57. The average Bonchev–Trinajstić information content (AvgIpc) is 2.73. The summed E-state index contributed by atoms with van der Waals surface area (Å²) in [6.45, 7) is 10.8. The van der Waals surface area contributed by atoms with Crippen molar-refractivity contribution < 1.29 is 0 Å². The summed E-state index contributed by atoms with van der Waals surface area (Å²) in [6.07, 6.45) is 1.17. The summed E-state index contributed by atoms with van der Waals surface area (Å²) in [5.74, 6) is 2.49. The lowest BCUT2D eigenvalue weighted by Gasteiger charge is -2.13. The Morgan fingerprint density at radius 3 is 2.25 bits per heavy atom. The van der Waals surface area contributed by atoms with Crippen molar-refractivity contribution in [1.82, 2.24) is 9.97 Å². The van der Waals surface area contributed by atoms with E-state index >= 15 is 0 Å². The fourth-order valence-corrected chi connectivity index (χ4v) is 2.40. The second-order valence-corrected chi connectivity index (χ2v) is 5.87. The topological polar surface area (TPSA) is 51.8 Å². The quantitative estimate of drug-likeness (QED) is 0.831. The van der Waals surface area contributed by atoms with Gasteiger partial charge in [0.15, 0.2) is 0 Å². The van der Waals surface area contributed by atoms with Crippen LogP contribution in [0.4, 0.5) is 5.82 Å². The van der Waals surface area contributed by atoms with Gasteiger partial charge in [-0.25, -0.2) is 9.97 Å². The van der Waals surface area contributed by atoms with Gasteiger partial charge in [-0.05, 0) is 24.7 Å². The molecule has 2 rings (SSSR count). The molecule has 3 heteroatoms. The van der Waals surface area contributed by atoms with Crippen LogP contribution in [0.2, 0.25) is 0 Å². The Morgan fingerprint density at radius 2 is 1.88 bits per heavy atom. The van der Waals surface area contributed by atoms with Crippen LogP contribution in [0.15, 0.2) is 0 Å². The van der Waals surface area contributed by atoms with Crippen molar-refractivity contribution >= 4 is 5.82 Å². The summed E-state index contributed by atoms with van der Waals surface area (Å²) in [6, 6.07) is 0. The number of rotatable bonds is 2. The van der Waals surface area contributed by atoms with Crippen molar-refractivity contribution in [3.05, 3.63) is 17.1 Å². The van der Waals surface area contributed by atoms with E-state index < -0.39 is 0 Å². The van der Waals surface area contributed by atoms with Gasteiger partial charge in [0.1, 0.15) is 11.6 Å². The predicted molar refractivity (Wildman–Crippen MR) is 66.4 cm³/mol. The highest BCUT2D eigenvalue weighted by atomic mass is 15.0. The molecule has 0 radical (unpaired) electrons. The van der Waals surface area contributed by atoms with Crippen molar-refractivity contribution in [1.29, 1.82) is 0 Å². The summed E-state index contributed by atoms with van der Waals surface area (Å²) in [5.41, 5.74) is 8.53. The van der Waals surface area contributed by atoms with Crippen LogP contribution in [0.1, 0.15) is 63.0 Å². The first-order valence-corrected chi connectivity index (χ1v) is 5.97. The molecular formula is C13H21N3. The van der Waals surface area contributed by atoms with E-state index in [4.69, 9.17) is 5.73 Å². The van der Waals surface area contributed by atoms with Crippen LogP contribution in [-0.2, 0) is 0 Å². The lowest BCUT2D eigenvalue weighted by molar-refractivity contribution is 0.606. The third-order valence-corrected chi connectivity index (χ3v) is 3.59. The van der Waals surface area contributed by atoms with Crippen LogP contribution in [0, 0.1) is 12.3 Å². The smallest absolute Gasteiger partial charge is 0.134 e. The molecule has 1 unspecified atom stereocenters. The largest absolute Gasteiger partial charge is 0.383 e. The third-order valence-electron chi connectivity index (χ3n) is 3.59. The van der Waals surface area contributed by atoms with Gasteiger partial charge in [0, 0.05) is 17.2 Å². The van der Waals surface area contributed by atoms with E-state index in [-0.39, 0.29) is 0 Å². The van der Waals surface area contributed by atoms with E-state index in [1.54, 1.807) is 0 Å². The highest BCUT2D eigenvalue weighted by molar-refractivity contribution is 5.45. The molecule has 1 aromatic rings. The molecule has 88 valence electrons. The van der Waals surface area contributed by atoms with Gasteiger partial charge in [-0.3, -0.25) is 0 Å². The Bertz CT molecular complexity index is 398. The second kappa shape index (κ2) is 3.44. The molecular weight excluding hydrogens is 198 g/mol. The molecule has 0 bridgehead atoms. The summed E-state index contributed by atoms with van der Waals surface area (Å²) in [4.78, 5) is 9.10. The number of nitrogens with zero attached hydrogens (tertiary/aromatic N) is 2. The molecule has 3 nitrogen and oxygen atoms in total. The minimum atomic E-state index is 0.359. The van der Waals surface area contributed by atoms with E-state index in [1.165, 1.54) is 6.42 Å². The van der Waals surface area contributed by atoms with E-state index in [0.29, 0.717) is 23.1 Å². The number of hydrogen-bond acceptors (Lipinski definition) is 3. The minimum absolute atomic E-state index is 0.359. The maximum absolute atomic E-state index is 6.03. The van der Waals surface area contributed by atoms with E-state index in [1.807, 2.05) is 6.92 Å². The zero-order valence-electron chi connectivity index (χ0n) is 10.8. The maximum atomic E-state index is 6.03. The highest BCUT2D eigenvalue weighted by Gasteiger charge is 2.48. The average molecular weight is 219 g/mol. The standard InChI is InChI=1S/C13H21N3/c1-7(2)10-8(3)15-12(16-11(10)14)9-6-13(9,4)5/h7,9H,6H2,1-5H3,(H2,14,15,16). The lowest BCUT2D eigenvalue weighted by Crippen LogP contribution is -2.09. The molecule has 0 aromatic carbocycles. The number of anilines is 1. The van der Waals surface area contributed by atoms with E-state index in [9.17, 15) is 0 Å². The van der Waals surface area contributed by atoms with Crippen LogP contribution >= 0.6 is 0 Å². The molecule has 1 heterocycles. The molecule has 16 heavy (non-hydrogen) atoms. The van der Waals surface area contributed by atoms with Crippen LogP contribution < -0.4 is 5.73 Å². The van der Waals surface area contributed by atoms with E-state index in [2.05, 4.69) is 37.7 Å². The normalized spacial score (nSPS) is 22.5. The van der Waals surface area contributed by atoms with Gasteiger partial charge < -0.3 is 5.73 Å². The van der Waals surface area contributed by atoms with Gasteiger partial charge >= 0.3 is 0 Å². The number of aryl methyl sites for hydroxylation is 1. The fourth-order valence-electron chi connectivity index (χ4n) is 2.40. The van der Waals surface area contributed by atoms with Crippen molar-refractivity contribution in [3.8, 4) is 0 Å². The molecule has 0 amide bonds. The van der Waals surface area contributed by atoms with Crippen molar-refractivity contribution in [2.45, 2.75) is 52.9 Å². The predicted octanol–water partition coefficient (Wildman–Crippen LogP) is 3.00. The summed E-state index contributed by atoms with van der Waals surface area (Å²) in [5, 5.41) is 0. The van der Waals surface area contributed by atoms with Gasteiger partial charge in [-0.1, -0.05) is 27.7 Å². The van der Waals surface area contributed by atoms with Gasteiger partial charge in [-0.2, -0.15) is 0 Å². The van der Waals surface area contributed by atoms with Gasteiger partial charge in [0.25, 0.3) is 0 Å². The lowest BCUT2D eigenvalue weighted by atomic mass is 10.0. The van der Waals surface area contributed by atoms with Gasteiger partial charge in [0.2, 0.25) is 0 Å². The minimum Gasteiger partial charge on any atom is -0.383 e. The Balaban J connectivity index is 2.39. The first kappa shape index (κ1) is 11.4. The number of nitrogens with two attached hydrogens (primary N) is 1. The Kier molecular flexibility index (Phi) is 2.44.